The predicted octanol–water partition coefficient (Wildman–Crippen LogP) is 2.77. The Morgan fingerprint density at radius 3 is 2.80 bits per heavy atom. The van der Waals surface area contributed by atoms with E-state index in [2.05, 4.69) is 59.2 Å². The van der Waals surface area contributed by atoms with Crippen molar-refractivity contribution in [1.82, 2.24) is 24.6 Å². The van der Waals surface area contributed by atoms with Crippen LogP contribution in [-0.4, -0.2) is 26.4 Å². The van der Waals surface area contributed by atoms with Crippen LogP contribution in [0.5, 0.6) is 0 Å². The SMILES string of the molecule is CCCC(NC)c1ccn(Cc2ncnn2C(C)C)c1. The molecule has 0 saturated carbocycles. The highest BCUT2D eigenvalue weighted by atomic mass is 15.4. The molecule has 5 heteroatoms. The summed E-state index contributed by atoms with van der Waals surface area (Å²) in [7, 11) is 2.02. The standard InChI is InChI=1S/C15H25N5/c1-5-6-14(16-4)13-7-8-19(9-13)10-15-17-11-18-20(15)12(2)3/h7-9,11-12,14,16H,5-6,10H2,1-4H3. The van der Waals surface area contributed by atoms with E-state index in [-0.39, 0.29) is 0 Å². The molecule has 2 aromatic rings. The quantitative estimate of drug-likeness (QED) is 0.845. The maximum Gasteiger partial charge on any atom is 0.147 e. The van der Waals surface area contributed by atoms with E-state index in [9.17, 15) is 0 Å². The van der Waals surface area contributed by atoms with Gasteiger partial charge in [0, 0.05) is 24.5 Å². The number of aromatic nitrogens is 4. The molecule has 2 aromatic heterocycles. The largest absolute Gasteiger partial charge is 0.346 e. The molecule has 20 heavy (non-hydrogen) atoms. The third-order valence-electron chi connectivity index (χ3n) is 3.56. The van der Waals surface area contributed by atoms with Crippen molar-refractivity contribution >= 4 is 0 Å². The molecule has 0 bridgehead atoms. The summed E-state index contributed by atoms with van der Waals surface area (Å²) in [5.41, 5.74) is 1.34. The molecule has 0 aliphatic heterocycles. The topological polar surface area (TPSA) is 47.7 Å². The molecule has 0 fully saturated rings. The van der Waals surface area contributed by atoms with E-state index in [1.807, 2.05) is 11.7 Å². The molecule has 1 unspecified atom stereocenters. The molecule has 1 atom stereocenters. The van der Waals surface area contributed by atoms with Gasteiger partial charge in [0.05, 0.1) is 6.54 Å². The smallest absolute Gasteiger partial charge is 0.147 e. The lowest BCUT2D eigenvalue weighted by atomic mass is 10.1. The van der Waals surface area contributed by atoms with Gasteiger partial charge in [-0.3, -0.25) is 0 Å². The van der Waals surface area contributed by atoms with E-state index in [1.54, 1.807) is 6.33 Å². The van der Waals surface area contributed by atoms with Crippen LogP contribution in [-0.2, 0) is 6.54 Å². The molecule has 0 aromatic carbocycles. The molecule has 0 aliphatic rings. The average Bonchev–Trinajstić information content (AvgIpc) is 3.05. The van der Waals surface area contributed by atoms with Gasteiger partial charge in [-0.25, -0.2) is 9.67 Å². The van der Waals surface area contributed by atoms with Crippen LogP contribution in [0, 0.1) is 0 Å². The van der Waals surface area contributed by atoms with Crippen molar-refractivity contribution in [1.29, 1.82) is 0 Å². The first-order chi connectivity index (χ1) is 9.65. The van der Waals surface area contributed by atoms with E-state index in [1.165, 1.54) is 12.0 Å². The fourth-order valence-electron chi connectivity index (χ4n) is 2.51. The molecule has 0 aliphatic carbocycles. The Kier molecular flexibility index (Phi) is 4.95. The van der Waals surface area contributed by atoms with Crippen LogP contribution in [0.1, 0.15) is 57.1 Å². The summed E-state index contributed by atoms with van der Waals surface area (Å²) in [6, 6.07) is 2.96. The van der Waals surface area contributed by atoms with E-state index in [0.717, 1.165) is 18.8 Å². The molecule has 0 amide bonds. The lowest BCUT2D eigenvalue weighted by Crippen LogP contribution is -2.15. The van der Waals surface area contributed by atoms with Crippen molar-refractivity contribution in [3.8, 4) is 0 Å². The minimum absolute atomic E-state index is 0.340. The average molecular weight is 275 g/mol. The van der Waals surface area contributed by atoms with Crippen molar-refractivity contribution in [3.63, 3.8) is 0 Å². The summed E-state index contributed by atoms with van der Waals surface area (Å²) < 4.78 is 4.15. The second kappa shape index (κ2) is 6.70. The van der Waals surface area contributed by atoms with Crippen LogP contribution in [0.4, 0.5) is 0 Å². The molecular formula is C15H25N5. The molecule has 110 valence electrons. The summed E-state index contributed by atoms with van der Waals surface area (Å²) in [6.07, 6.45) is 8.29. The zero-order valence-electron chi connectivity index (χ0n) is 12.9. The minimum Gasteiger partial charge on any atom is -0.346 e. The number of rotatable bonds is 7. The highest BCUT2D eigenvalue weighted by Gasteiger charge is 2.11. The van der Waals surface area contributed by atoms with Gasteiger partial charge in [0.25, 0.3) is 0 Å². The van der Waals surface area contributed by atoms with Crippen molar-refractivity contribution in [3.05, 3.63) is 36.2 Å². The third kappa shape index (κ3) is 3.28. The van der Waals surface area contributed by atoms with E-state index >= 15 is 0 Å². The molecule has 0 spiro atoms. The van der Waals surface area contributed by atoms with Crippen LogP contribution in [0.25, 0.3) is 0 Å². The Morgan fingerprint density at radius 1 is 1.35 bits per heavy atom. The minimum atomic E-state index is 0.340. The highest BCUT2D eigenvalue weighted by molar-refractivity contribution is 5.16. The van der Waals surface area contributed by atoms with E-state index in [4.69, 9.17) is 0 Å². The lowest BCUT2D eigenvalue weighted by Gasteiger charge is -2.13. The van der Waals surface area contributed by atoms with Gasteiger partial charge in [-0.1, -0.05) is 13.3 Å². The monoisotopic (exact) mass is 275 g/mol. The normalized spacial score (nSPS) is 13.1. The third-order valence-corrected chi connectivity index (χ3v) is 3.56. The van der Waals surface area contributed by atoms with Crippen molar-refractivity contribution in [2.24, 2.45) is 0 Å². The lowest BCUT2D eigenvalue weighted by molar-refractivity contribution is 0.495. The van der Waals surface area contributed by atoms with Gasteiger partial charge in [-0.15, -0.1) is 0 Å². The molecule has 1 N–H and O–H groups in total. The summed E-state index contributed by atoms with van der Waals surface area (Å²) in [4.78, 5) is 4.36. The van der Waals surface area contributed by atoms with Crippen LogP contribution in [0.3, 0.4) is 0 Å². The summed E-state index contributed by atoms with van der Waals surface area (Å²) in [5.74, 6) is 0.999. The van der Waals surface area contributed by atoms with Gasteiger partial charge in [-0.05, 0) is 38.9 Å². The maximum atomic E-state index is 4.36. The predicted molar refractivity (Wildman–Crippen MR) is 80.6 cm³/mol. The van der Waals surface area contributed by atoms with Crippen molar-refractivity contribution in [2.45, 2.75) is 52.2 Å². The van der Waals surface area contributed by atoms with Gasteiger partial charge >= 0.3 is 0 Å². The molecular weight excluding hydrogens is 250 g/mol. The first-order valence-electron chi connectivity index (χ1n) is 7.37. The Bertz CT molecular complexity index is 526. The molecule has 0 saturated heterocycles. The Morgan fingerprint density at radius 2 is 2.15 bits per heavy atom. The van der Waals surface area contributed by atoms with Crippen LogP contribution < -0.4 is 5.32 Å². The van der Waals surface area contributed by atoms with Crippen LogP contribution >= 0.6 is 0 Å². The summed E-state index contributed by atoms with van der Waals surface area (Å²) in [6.45, 7) is 7.22. The first-order valence-corrected chi connectivity index (χ1v) is 7.37. The summed E-state index contributed by atoms with van der Waals surface area (Å²) in [5, 5.41) is 7.65. The number of nitrogens with one attached hydrogen (secondary N) is 1. The Hall–Kier alpha value is -1.62. The molecule has 2 rings (SSSR count). The number of hydrogen-bond donors (Lipinski definition) is 1. The van der Waals surface area contributed by atoms with E-state index in [0.29, 0.717) is 12.1 Å². The number of hydrogen-bond acceptors (Lipinski definition) is 3. The van der Waals surface area contributed by atoms with Crippen LogP contribution in [0.15, 0.2) is 24.8 Å². The van der Waals surface area contributed by atoms with E-state index < -0.39 is 0 Å². The number of nitrogens with zero attached hydrogens (tertiary/aromatic N) is 4. The molecule has 5 nitrogen and oxygen atoms in total. The first kappa shape index (κ1) is 14.8. The van der Waals surface area contributed by atoms with Crippen LogP contribution in [0.2, 0.25) is 0 Å². The van der Waals surface area contributed by atoms with Crippen molar-refractivity contribution < 1.29 is 0 Å². The second-order valence-corrected chi connectivity index (χ2v) is 5.46. The zero-order chi connectivity index (χ0) is 14.5. The highest BCUT2D eigenvalue weighted by Crippen LogP contribution is 2.19. The fourth-order valence-corrected chi connectivity index (χ4v) is 2.51. The molecule has 0 radical (unpaired) electrons. The van der Waals surface area contributed by atoms with Gasteiger partial charge in [0.1, 0.15) is 12.2 Å². The van der Waals surface area contributed by atoms with Crippen molar-refractivity contribution in [2.75, 3.05) is 7.05 Å². The Labute approximate surface area is 121 Å². The fraction of sp³-hybridized carbons (Fsp3) is 0.600. The van der Waals surface area contributed by atoms with Gasteiger partial charge in [0.15, 0.2) is 0 Å². The van der Waals surface area contributed by atoms with Gasteiger partial charge in [-0.2, -0.15) is 5.10 Å². The second-order valence-electron chi connectivity index (χ2n) is 5.46. The zero-order valence-corrected chi connectivity index (χ0v) is 12.9. The summed E-state index contributed by atoms with van der Waals surface area (Å²) >= 11 is 0. The molecule has 2 heterocycles. The van der Waals surface area contributed by atoms with Gasteiger partial charge < -0.3 is 9.88 Å². The maximum absolute atomic E-state index is 4.36. The Balaban J connectivity index is 2.11. The van der Waals surface area contributed by atoms with Gasteiger partial charge in [0.2, 0.25) is 0 Å².